The van der Waals surface area contributed by atoms with Gasteiger partial charge in [-0.1, -0.05) is 91.5 Å². The first kappa shape index (κ1) is 27.5. The molecule has 0 saturated heterocycles. The molecule has 0 saturated carbocycles. The van der Waals surface area contributed by atoms with E-state index < -0.39 is 0 Å². The number of fused-ring (bicyclic) bond motifs is 4. The zero-order valence-corrected chi connectivity index (χ0v) is 25.6. The Balaban J connectivity index is 1.03. The van der Waals surface area contributed by atoms with Crippen LogP contribution in [0.4, 0.5) is 0 Å². The lowest BCUT2D eigenvalue weighted by Crippen LogP contribution is -1.98. The van der Waals surface area contributed by atoms with Crippen LogP contribution in [0.3, 0.4) is 0 Å². The third kappa shape index (κ3) is 4.63. The van der Waals surface area contributed by atoms with E-state index in [4.69, 9.17) is 0 Å². The Kier molecular flexibility index (Phi) is 6.88. The lowest BCUT2D eigenvalue weighted by molar-refractivity contribution is 1.09. The van der Waals surface area contributed by atoms with Crippen LogP contribution in [0.1, 0.15) is 22.4 Å². The van der Waals surface area contributed by atoms with Crippen LogP contribution >= 0.6 is 0 Å². The first-order valence-corrected chi connectivity index (χ1v) is 15.5. The fraction of sp³-hybridized carbons (Fsp3) is 0.0476. The molecule has 8 rings (SSSR count). The minimum atomic E-state index is 0.872. The highest BCUT2D eigenvalue weighted by Crippen LogP contribution is 2.33. The van der Waals surface area contributed by atoms with Crippen molar-refractivity contribution in [2.75, 3.05) is 7.05 Å². The molecule has 0 bridgehead atoms. The number of hydrogen-bond donors (Lipinski definition) is 0. The third-order valence-electron chi connectivity index (χ3n) is 8.89. The van der Waals surface area contributed by atoms with E-state index in [1.165, 1.54) is 49.4 Å². The quantitative estimate of drug-likeness (QED) is 0.170. The number of aliphatic imine (C=N–C) groups is 1. The van der Waals surface area contributed by atoms with E-state index in [1.54, 1.807) is 0 Å². The zero-order chi connectivity index (χ0) is 31.0. The van der Waals surface area contributed by atoms with E-state index in [1.807, 2.05) is 31.7 Å². The molecular weight excluding hydrogens is 560 g/mol. The Labute approximate surface area is 268 Å². The highest BCUT2D eigenvalue weighted by atomic mass is 15.0. The average Bonchev–Trinajstić information content (AvgIpc) is 3.62. The largest absolute Gasteiger partial charge is 0.309 e. The number of benzene rings is 5. The van der Waals surface area contributed by atoms with Gasteiger partial charge in [0.15, 0.2) is 0 Å². The van der Waals surface area contributed by atoms with Crippen molar-refractivity contribution in [2.45, 2.75) is 6.42 Å². The lowest BCUT2D eigenvalue weighted by Gasteiger charge is -2.11. The molecule has 220 valence electrons. The van der Waals surface area contributed by atoms with Gasteiger partial charge in [-0.15, -0.1) is 0 Å². The number of rotatable bonds is 7. The fourth-order valence-electron chi connectivity index (χ4n) is 6.74. The van der Waals surface area contributed by atoms with Crippen LogP contribution in [-0.4, -0.2) is 27.4 Å². The maximum Gasteiger partial charge on any atom is 0.0571 e. The van der Waals surface area contributed by atoms with Gasteiger partial charge in [0.1, 0.15) is 0 Å². The molecular formula is C42H32N4. The smallest absolute Gasteiger partial charge is 0.0571 e. The molecule has 0 aliphatic carbocycles. The van der Waals surface area contributed by atoms with Crippen molar-refractivity contribution in [3.63, 3.8) is 0 Å². The van der Waals surface area contributed by atoms with E-state index in [2.05, 4.69) is 153 Å². The van der Waals surface area contributed by atoms with Crippen molar-refractivity contribution in [1.82, 2.24) is 14.1 Å². The van der Waals surface area contributed by atoms with Gasteiger partial charge in [0.25, 0.3) is 0 Å². The molecule has 0 spiro atoms. The maximum atomic E-state index is 4.37. The third-order valence-corrected chi connectivity index (χ3v) is 8.89. The zero-order valence-electron chi connectivity index (χ0n) is 25.6. The van der Waals surface area contributed by atoms with E-state index in [0.717, 1.165) is 34.6 Å². The monoisotopic (exact) mass is 592 g/mol. The first-order chi connectivity index (χ1) is 22.7. The van der Waals surface area contributed by atoms with Gasteiger partial charge in [-0.3, -0.25) is 9.98 Å². The Morgan fingerprint density at radius 3 is 1.83 bits per heavy atom. The maximum absolute atomic E-state index is 4.37. The van der Waals surface area contributed by atoms with Crippen molar-refractivity contribution in [3.8, 4) is 22.5 Å². The van der Waals surface area contributed by atoms with Gasteiger partial charge in [-0.05, 0) is 77.2 Å². The van der Waals surface area contributed by atoms with Gasteiger partial charge in [-0.2, -0.15) is 0 Å². The van der Waals surface area contributed by atoms with Crippen molar-refractivity contribution >= 4 is 45.0 Å². The molecule has 5 aromatic carbocycles. The Morgan fingerprint density at radius 2 is 1.15 bits per heavy atom. The van der Waals surface area contributed by atoms with Gasteiger partial charge in [0, 0.05) is 58.8 Å². The summed E-state index contributed by atoms with van der Waals surface area (Å²) in [6.45, 7) is 4.11. The Hall–Kier alpha value is -6.00. The van der Waals surface area contributed by atoms with Crippen LogP contribution in [0.15, 0.2) is 151 Å². The molecule has 3 aromatic heterocycles. The summed E-state index contributed by atoms with van der Waals surface area (Å²) >= 11 is 0. The van der Waals surface area contributed by atoms with Crippen LogP contribution in [0.5, 0.6) is 0 Å². The topological polar surface area (TPSA) is 35.1 Å². The lowest BCUT2D eigenvalue weighted by atomic mass is 10.00. The number of aromatic nitrogens is 3. The molecule has 0 amide bonds. The predicted octanol–water partition coefficient (Wildman–Crippen LogP) is 10.1. The molecule has 3 heterocycles. The summed E-state index contributed by atoms with van der Waals surface area (Å²) in [4.78, 5) is 8.68. The molecule has 0 atom stereocenters. The second kappa shape index (κ2) is 11.5. The summed E-state index contributed by atoms with van der Waals surface area (Å²) < 4.78 is 4.58. The molecule has 4 heteroatoms. The molecule has 46 heavy (non-hydrogen) atoms. The van der Waals surface area contributed by atoms with Gasteiger partial charge < -0.3 is 9.13 Å². The number of hydrogen-bond acceptors (Lipinski definition) is 2. The van der Waals surface area contributed by atoms with Crippen LogP contribution in [0.2, 0.25) is 0 Å². The summed E-state index contributed by atoms with van der Waals surface area (Å²) in [6.07, 6.45) is 8.54. The summed E-state index contributed by atoms with van der Waals surface area (Å²) in [6, 6.07) is 45.7. The van der Waals surface area contributed by atoms with Gasteiger partial charge in [0.2, 0.25) is 0 Å². The minimum absolute atomic E-state index is 0.872. The number of para-hydroxylation sites is 2. The fourth-order valence-corrected chi connectivity index (χ4v) is 6.74. The standard InChI is InChI=1S/C42H32N4/c1-3-39-37(27-43-2)35-8-4-6-10-40(35)45(39)33-20-14-30(15-21-33)26-29-12-16-31(17-13-29)32-18-22-34(23-19-32)46-41-11-7-5-9-36(41)38-28-44-25-24-42(38)46/h3-25,27-28H,1,26H2,2H3/b43-27-. The van der Waals surface area contributed by atoms with E-state index >= 15 is 0 Å². The van der Waals surface area contributed by atoms with E-state index in [9.17, 15) is 0 Å². The summed E-state index contributed by atoms with van der Waals surface area (Å²) in [7, 11) is 1.81. The molecule has 0 unspecified atom stereocenters. The summed E-state index contributed by atoms with van der Waals surface area (Å²) in [5.41, 5.74) is 12.9. The van der Waals surface area contributed by atoms with Crippen LogP contribution in [-0.2, 0) is 6.42 Å². The van der Waals surface area contributed by atoms with Crippen LogP contribution in [0.25, 0.3) is 61.3 Å². The van der Waals surface area contributed by atoms with Crippen molar-refractivity contribution < 1.29 is 0 Å². The molecule has 4 nitrogen and oxygen atoms in total. The molecule has 0 fully saturated rings. The molecule has 8 aromatic rings. The van der Waals surface area contributed by atoms with Crippen molar-refractivity contribution in [3.05, 3.63) is 169 Å². The van der Waals surface area contributed by atoms with E-state index in [0.29, 0.717) is 0 Å². The van der Waals surface area contributed by atoms with Gasteiger partial charge >= 0.3 is 0 Å². The normalized spacial score (nSPS) is 11.7. The van der Waals surface area contributed by atoms with E-state index in [-0.39, 0.29) is 0 Å². The predicted molar refractivity (Wildman–Crippen MR) is 194 cm³/mol. The Bertz CT molecular complexity index is 2330. The van der Waals surface area contributed by atoms with Crippen molar-refractivity contribution in [2.24, 2.45) is 4.99 Å². The molecule has 0 aliphatic rings. The summed E-state index contributed by atoms with van der Waals surface area (Å²) in [5, 5.41) is 3.56. The minimum Gasteiger partial charge on any atom is -0.309 e. The second-order valence-electron chi connectivity index (χ2n) is 11.6. The number of nitrogens with zero attached hydrogens (tertiary/aromatic N) is 4. The van der Waals surface area contributed by atoms with Crippen molar-refractivity contribution in [1.29, 1.82) is 0 Å². The highest BCUT2D eigenvalue weighted by molar-refractivity contribution is 6.09. The second-order valence-corrected chi connectivity index (χ2v) is 11.6. The summed E-state index contributed by atoms with van der Waals surface area (Å²) in [5.74, 6) is 0. The molecule has 0 N–H and O–H groups in total. The SMILES string of the molecule is C=Cc1c(/C=N\C)c2ccccc2n1-c1ccc(Cc2ccc(-c3ccc(-n4c5ccccc5c5cnccc54)cc3)cc2)cc1. The van der Waals surface area contributed by atoms with Crippen LogP contribution in [0, 0.1) is 0 Å². The highest BCUT2D eigenvalue weighted by Gasteiger charge is 2.15. The van der Waals surface area contributed by atoms with Gasteiger partial charge in [0.05, 0.1) is 22.2 Å². The van der Waals surface area contributed by atoms with Gasteiger partial charge in [-0.25, -0.2) is 0 Å². The van der Waals surface area contributed by atoms with Crippen LogP contribution < -0.4 is 0 Å². The molecule has 0 radical (unpaired) electrons. The molecule has 0 aliphatic heterocycles. The Morgan fingerprint density at radius 1 is 0.609 bits per heavy atom. The first-order valence-electron chi connectivity index (χ1n) is 15.5. The average molecular weight is 593 g/mol. The number of pyridine rings is 1.